The summed E-state index contributed by atoms with van der Waals surface area (Å²) in [5.74, 6) is 3.28. The van der Waals surface area contributed by atoms with Crippen molar-refractivity contribution in [3.05, 3.63) is 130 Å². The molecular weight excluding hydrogens is 625 g/mol. The van der Waals surface area contributed by atoms with Gasteiger partial charge in [0.2, 0.25) is 0 Å². The highest BCUT2D eigenvalue weighted by Gasteiger charge is 2.23. The minimum Gasteiger partial charge on any atom is -0.457 e. The highest BCUT2D eigenvalue weighted by Crippen LogP contribution is 2.39. The number of aromatic nitrogens is 4. The first-order valence-electron chi connectivity index (χ1n) is 18.5. The lowest BCUT2D eigenvalue weighted by Crippen LogP contribution is -2.08. The van der Waals surface area contributed by atoms with E-state index in [9.17, 15) is 0 Å². The van der Waals surface area contributed by atoms with Gasteiger partial charge in [0.15, 0.2) is 0 Å². The number of aryl methyl sites for hydroxylation is 5. The van der Waals surface area contributed by atoms with Gasteiger partial charge >= 0.3 is 0 Å². The number of para-hydroxylation sites is 1. The fourth-order valence-corrected chi connectivity index (χ4v) is 7.81. The molecule has 0 bridgehead atoms. The van der Waals surface area contributed by atoms with Crippen LogP contribution in [-0.2, 0) is 12.8 Å². The van der Waals surface area contributed by atoms with Gasteiger partial charge < -0.3 is 4.74 Å². The van der Waals surface area contributed by atoms with E-state index in [1.54, 1.807) is 0 Å². The maximum absolute atomic E-state index is 6.81. The lowest BCUT2D eigenvalue weighted by molar-refractivity contribution is 0.481. The fourth-order valence-electron chi connectivity index (χ4n) is 7.81. The second-order valence-electron chi connectivity index (χ2n) is 15.0. The maximum Gasteiger partial charge on any atom is 0.137 e. The molecule has 3 heterocycles. The Balaban J connectivity index is 1.36. The Morgan fingerprint density at radius 3 is 2.20 bits per heavy atom. The molecule has 51 heavy (non-hydrogen) atoms. The van der Waals surface area contributed by atoms with E-state index in [0.29, 0.717) is 11.8 Å². The number of rotatable bonds is 10. The van der Waals surface area contributed by atoms with E-state index in [0.717, 1.165) is 59.0 Å². The van der Waals surface area contributed by atoms with Crippen molar-refractivity contribution in [3.63, 3.8) is 0 Å². The lowest BCUT2D eigenvalue weighted by atomic mass is 9.90. The van der Waals surface area contributed by atoms with Gasteiger partial charge in [-0.2, -0.15) is 5.10 Å². The molecule has 5 heteroatoms. The topological polar surface area (TPSA) is 44.9 Å². The van der Waals surface area contributed by atoms with E-state index in [4.69, 9.17) is 14.8 Å². The van der Waals surface area contributed by atoms with E-state index in [1.807, 2.05) is 6.20 Å². The zero-order valence-electron chi connectivity index (χ0n) is 31.6. The van der Waals surface area contributed by atoms with E-state index in [2.05, 4.69) is 156 Å². The third-order valence-electron chi connectivity index (χ3n) is 9.97. The molecule has 0 unspecified atom stereocenters. The van der Waals surface area contributed by atoms with Gasteiger partial charge in [0, 0.05) is 34.7 Å². The summed E-state index contributed by atoms with van der Waals surface area (Å²) in [5.41, 5.74) is 14.5. The van der Waals surface area contributed by atoms with Crippen LogP contribution in [0.25, 0.3) is 44.4 Å². The zero-order valence-corrected chi connectivity index (χ0v) is 31.6. The normalized spacial score (nSPS) is 11.8. The number of benzene rings is 4. The summed E-state index contributed by atoms with van der Waals surface area (Å²) in [7, 11) is 0. The third kappa shape index (κ3) is 6.58. The smallest absolute Gasteiger partial charge is 0.137 e. The molecule has 260 valence electrons. The lowest BCUT2D eigenvalue weighted by Gasteiger charge is -2.18. The molecule has 0 radical (unpaired) electrons. The van der Waals surface area contributed by atoms with Crippen LogP contribution in [0.3, 0.4) is 0 Å². The summed E-state index contributed by atoms with van der Waals surface area (Å²) in [6.07, 6.45) is 4.96. The molecule has 0 aliphatic carbocycles. The number of fused-ring (bicyclic) bond motifs is 3. The van der Waals surface area contributed by atoms with Crippen molar-refractivity contribution in [2.24, 2.45) is 5.92 Å². The summed E-state index contributed by atoms with van der Waals surface area (Å²) < 4.78 is 11.3. The molecule has 5 nitrogen and oxygen atoms in total. The van der Waals surface area contributed by atoms with Crippen molar-refractivity contribution in [3.8, 4) is 34.1 Å². The average molecular weight is 675 g/mol. The molecule has 0 saturated heterocycles. The zero-order chi connectivity index (χ0) is 36.0. The Morgan fingerprint density at radius 2 is 1.47 bits per heavy atom. The van der Waals surface area contributed by atoms with Gasteiger partial charge in [-0.1, -0.05) is 76.9 Å². The molecule has 0 saturated carbocycles. The number of hydrogen-bond acceptors (Lipinski definition) is 3. The van der Waals surface area contributed by atoms with Crippen LogP contribution in [0.2, 0.25) is 0 Å². The highest BCUT2D eigenvalue weighted by atomic mass is 16.5. The second-order valence-corrected chi connectivity index (χ2v) is 15.0. The summed E-state index contributed by atoms with van der Waals surface area (Å²) in [6, 6.07) is 30.5. The van der Waals surface area contributed by atoms with Crippen molar-refractivity contribution < 1.29 is 4.74 Å². The predicted molar refractivity (Wildman–Crippen MR) is 213 cm³/mol. The number of nitrogens with zero attached hydrogens (tertiary/aromatic N) is 4. The van der Waals surface area contributed by atoms with Crippen LogP contribution in [0.1, 0.15) is 86.2 Å². The van der Waals surface area contributed by atoms with Crippen molar-refractivity contribution in [1.29, 1.82) is 0 Å². The molecule has 7 rings (SSSR count). The minimum absolute atomic E-state index is 0.310. The van der Waals surface area contributed by atoms with Crippen molar-refractivity contribution in [1.82, 2.24) is 19.3 Å². The molecule has 0 N–H and O–H groups in total. The van der Waals surface area contributed by atoms with Crippen LogP contribution in [0, 0.1) is 33.6 Å². The molecule has 0 amide bonds. The SMILES string of the molecule is CCCc1ccnc(-n2c3ccccc3c3ccc(Oc4cc(C(C)C)cc(-n5nc(C)c(-c6c(C)cc(C)cc6C)c5CC(C)C)c4)cc32)c1. The highest BCUT2D eigenvalue weighted by molar-refractivity contribution is 6.09. The number of hydrogen-bond donors (Lipinski definition) is 0. The minimum atomic E-state index is 0.310. The summed E-state index contributed by atoms with van der Waals surface area (Å²) in [5, 5.41) is 7.62. The molecule has 0 aliphatic rings. The molecule has 0 atom stereocenters. The number of pyridine rings is 1. The Morgan fingerprint density at radius 1 is 0.725 bits per heavy atom. The molecule has 0 aliphatic heterocycles. The van der Waals surface area contributed by atoms with Crippen LogP contribution in [-0.4, -0.2) is 19.3 Å². The first-order chi connectivity index (χ1) is 24.5. The third-order valence-corrected chi connectivity index (χ3v) is 9.97. The van der Waals surface area contributed by atoms with E-state index >= 15 is 0 Å². The van der Waals surface area contributed by atoms with E-state index in [1.165, 1.54) is 55.4 Å². The summed E-state index contributed by atoms with van der Waals surface area (Å²) >= 11 is 0. The monoisotopic (exact) mass is 674 g/mol. The quantitative estimate of drug-likeness (QED) is 0.145. The van der Waals surface area contributed by atoms with Gasteiger partial charge in [-0.25, -0.2) is 9.67 Å². The fraction of sp³-hybridized carbons (Fsp3) is 0.304. The Labute approximate surface area is 302 Å². The number of ether oxygens (including phenoxy) is 1. The predicted octanol–water partition coefficient (Wildman–Crippen LogP) is 12.3. The van der Waals surface area contributed by atoms with Crippen LogP contribution in [0.5, 0.6) is 11.5 Å². The molecule has 0 spiro atoms. The van der Waals surface area contributed by atoms with Crippen LogP contribution < -0.4 is 4.74 Å². The van der Waals surface area contributed by atoms with Crippen molar-refractivity contribution in [2.45, 2.75) is 87.5 Å². The van der Waals surface area contributed by atoms with Gasteiger partial charge in [-0.3, -0.25) is 4.57 Å². The van der Waals surface area contributed by atoms with Crippen LogP contribution in [0.15, 0.2) is 91.1 Å². The Kier molecular flexibility index (Phi) is 9.32. The largest absolute Gasteiger partial charge is 0.457 e. The summed E-state index contributed by atoms with van der Waals surface area (Å²) in [4.78, 5) is 4.84. The van der Waals surface area contributed by atoms with Gasteiger partial charge in [-0.05, 0) is 123 Å². The van der Waals surface area contributed by atoms with Gasteiger partial charge in [0.05, 0.1) is 28.1 Å². The molecule has 4 aromatic carbocycles. The van der Waals surface area contributed by atoms with Crippen molar-refractivity contribution in [2.75, 3.05) is 0 Å². The first kappa shape index (κ1) is 34.3. The summed E-state index contributed by atoms with van der Waals surface area (Å²) in [6.45, 7) is 20.0. The van der Waals surface area contributed by atoms with Crippen molar-refractivity contribution >= 4 is 21.8 Å². The Bertz CT molecular complexity index is 2370. The maximum atomic E-state index is 6.81. The van der Waals surface area contributed by atoms with Gasteiger partial charge in [0.1, 0.15) is 17.3 Å². The van der Waals surface area contributed by atoms with E-state index < -0.39 is 0 Å². The second kappa shape index (κ2) is 13.9. The van der Waals surface area contributed by atoms with Gasteiger partial charge in [-0.15, -0.1) is 0 Å². The molecular formula is C46H50N4O. The Hall–Kier alpha value is -5.16. The first-order valence-corrected chi connectivity index (χ1v) is 18.5. The molecule has 0 fully saturated rings. The van der Waals surface area contributed by atoms with Crippen LogP contribution >= 0.6 is 0 Å². The molecule has 3 aromatic heterocycles. The van der Waals surface area contributed by atoms with E-state index in [-0.39, 0.29) is 0 Å². The molecule has 7 aromatic rings. The van der Waals surface area contributed by atoms with Gasteiger partial charge in [0.25, 0.3) is 0 Å². The average Bonchev–Trinajstić information content (AvgIpc) is 3.58. The standard InChI is InChI=1S/C46H50N4O/c1-10-13-34-18-19-47-44(23-34)49-41-15-12-11-14-39(41)40-17-16-37(27-42(40)49)51-38-25-35(29(4)5)24-36(26-38)50-43(20-28(2)3)46(33(9)48-50)45-31(7)21-30(6)22-32(45)8/h11-12,14-19,21-29H,10,13,20H2,1-9H3. The van der Waals surface area contributed by atoms with Crippen LogP contribution in [0.4, 0.5) is 0 Å².